The molecule has 0 aliphatic carbocycles. The third-order valence-electron chi connectivity index (χ3n) is 4.42. The highest BCUT2D eigenvalue weighted by Crippen LogP contribution is 2.33. The Balaban J connectivity index is 2.22. The zero-order valence-corrected chi connectivity index (χ0v) is 15.5. The molecule has 0 saturated carbocycles. The second kappa shape index (κ2) is 8.32. The molecule has 0 fully saturated rings. The highest BCUT2D eigenvalue weighted by Gasteiger charge is 2.30. The van der Waals surface area contributed by atoms with Crippen LogP contribution in [-0.2, 0) is 6.54 Å². The maximum absolute atomic E-state index is 14.2. The number of carbonyl (C=O) groups is 1. The van der Waals surface area contributed by atoms with E-state index in [9.17, 15) is 32.5 Å². The zero-order valence-electron chi connectivity index (χ0n) is 15.5. The predicted octanol–water partition coefficient (Wildman–Crippen LogP) is 5.31. The average molecular weight is 418 g/mol. The number of aryl methyl sites for hydroxylation is 1. The van der Waals surface area contributed by atoms with Gasteiger partial charge in [-0.25, -0.2) is 17.6 Å². The van der Waals surface area contributed by atoms with Gasteiger partial charge >= 0.3 is 0 Å². The van der Waals surface area contributed by atoms with E-state index in [1.54, 1.807) is 6.92 Å². The SMILES string of the molecule is Cc1ccc(N(Cc2c(F)cccc2F)C(=O)c2c(F)cccc2F)c([N+](=O)[O-])c1. The van der Waals surface area contributed by atoms with Gasteiger partial charge in [0.15, 0.2) is 0 Å². The molecule has 0 heterocycles. The zero-order chi connectivity index (χ0) is 22.0. The van der Waals surface area contributed by atoms with Gasteiger partial charge in [-0.05, 0) is 42.8 Å². The molecular weight excluding hydrogens is 404 g/mol. The van der Waals surface area contributed by atoms with E-state index in [1.807, 2.05) is 0 Å². The molecule has 30 heavy (non-hydrogen) atoms. The molecule has 3 aromatic rings. The average Bonchev–Trinajstić information content (AvgIpc) is 2.68. The van der Waals surface area contributed by atoms with Crippen molar-refractivity contribution in [2.75, 3.05) is 4.90 Å². The molecule has 0 saturated heterocycles. The van der Waals surface area contributed by atoms with Crippen molar-refractivity contribution in [3.05, 3.63) is 105 Å². The molecule has 5 nitrogen and oxygen atoms in total. The van der Waals surface area contributed by atoms with Crippen molar-refractivity contribution in [3.8, 4) is 0 Å². The predicted molar refractivity (Wildman–Crippen MR) is 101 cm³/mol. The van der Waals surface area contributed by atoms with E-state index in [0.29, 0.717) is 10.5 Å². The van der Waals surface area contributed by atoms with Crippen LogP contribution in [0.5, 0.6) is 0 Å². The number of hydrogen-bond acceptors (Lipinski definition) is 3. The van der Waals surface area contributed by atoms with Crippen molar-refractivity contribution >= 4 is 17.3 Å². The Morgan fingerprint density at radius 3 is 2.00 bits per heavy atom. The quantitative estimate of drug-likeness (QED) is 0.321. The lowest BCUT2D eigenvalue weighted by atomic mass is 10.1. The van der Waals surface area contributed by atoms with Crippen LogP contribution in [0.3, 0.4) is 0 Å². The number of rotatable bonds is 5. The van der Waals surface area contributed by atoms with Gasteiger partial charge in [-0.2, -0.15) is 0 Å². The maximum atomic E-state index is 14.2. The molecule has 154 valence electrons. The summed E-state index contributed by atoms with van der Waals surface area (Å²) in [5.41, 5.74) is -2.02. The third-order valence-corrected chi connectivity index (χ3v) is 4.42. The minimum Gasteiger partial charge on any atom is -0.297 e. The molecule has 3 rings (SSSR count). The highest BCUT2D eigenvalue weighted by atomic mass is 19.1. The molecule has 0 aliphatic rings. The molecule has 3 aromatic carbocycles. The van der Waals surface area contributed by atoms with Gasteiger partial charge in [-0.3, -0.25) is 19.8 Å². The molecule has 1 amide bonds. The van der Waals surface area contributed by atoms with Crippen molar-refractivity contribution in [1.82, 2.24) is 0 Å². The summed E-state index contributed by atoms with van der Waals surface area (Å²) in [6, 6.07) is 9.44. The summed E-state index contributed by atoms with van der Waals surface area (Å²) in [6.07, 6.45) is 0. The molecule has 0 spiro atoms. The Hall–Kier alpha value is -3.75. The van der Waals surface area contributed by atoms with Crippen molar-refractivity contribution in [1.29, 1.82) is 0 Å². The number of halogens is 4. The van der Waals surface area contributed by atoms with E-state index >= 15 is 0 Å². The van der Waals surface area contributed by atoms with Gasteiger partial charge in [0, 0.05) is 11.6 Å². The van der Waals surface area contributed by atoms with Gasteiger partial charge in [0.1, 0.15) is 34.5 Å². The Morgan fingerprint density at radius 1 is 0.933 bits per heavy atom. The van der Waals surface area contributed by atoms with Gasteiger partial charge in [0.2, 0.25) is 0 Å². The van der Waals surface area contributed by atoms with Crippen LogP contribution in [0.1, 0.15) is 21.5 Å². The normalized spacial score (nSPS) is 10.7. The van der Waals surface area contributed by atoms with Crippen LogP contribution in [0.15, 0.2) is 54.6 Å². The Labute approximate surface area is 168 Å². The number of carbonyl (C=O) groups excluding carboxylic acids is 1. The first-order valence-corrected chi connectivity index (χ1v) is 8.64. The standard InChI is InChI=1S/C21H14F4N2O3/c1-12-8-9-18(19(10-12)27(29)30)26(11-13-14(22)4-2-5-15(13)23)21(28)20-16(24)6-3-7-17(20)25/h2-10H,11H2,1H3. The molecule has 0 bridgehead atoms. The molecule has 9 heteroatoms. The lowest BCUT2D eigenvalue weighted by molar-refractivity contribution is -0.384. The van der Waals surface area contributed by atoms with E-state index in [2.05, 4.69) is 0 Å². The molecular formula is C21H14F4N2O3. The second-order valence-corrected chi connectivity index (χ2v) is 6.44. The van der Waals surface area contributed by atoms with Crippen LogP contribution in [0.25, 0.3) is 0 Å². The minimum atomic E-state index is -1.32. The van der Waals surface area contributed by atoms with Crippen LogP contribution in [0, 0.1) is 40.3 Å². The summed E-state index contributed by atoms with van der Waals surface area (Å²) in [4.78, 5) is 24.4. The van der Waals surface area contributed by atoms with Crippen LogP contribution in [0.4, 0.5) is 28.9 Å². The van der Waals surface area contributed by atoms with E-state index in [0.717, 1.165) is 42.5 Å². The van der Waals surface area contributed by atoms with Gasteiger partial charge in [-0.1, -0.05) is 18.2 Å². The number of nitro benzene ring substituents is 1. The number of amides is 1. The van der Waals surface area contributed by atoms with Crippen molar-refractivity contribution < 1.29 is 27.3 Å². The number of nitro groups is 1. The molecule has 0 radical (unpaired) electrons. The molecule has 0 aromatic heterocycles. The van der Waals surface area contributed by atoms with E-state index in [-0.39, 0.29) is 5.69 Å². The fraction of sp³-hybridized carbons (Fsp3) is 0.0952. The Morgan fingerprint density at radius 2 is 1.47 bits per heavy atom. The lowest BCUT2D eigenvalue weighted by Gasteiger charge is -2.24. The molecule has 0 aliphatic heterocycles. The van der Waals surface area contributed by atoms with Crippen LogP contribution < -0.4 is 4.90 Å². The van der Waals surface area contributed by atoms with Gasteiger partial charge < -0.3 is 0 Å². The van der Waals surface area contributed by atoms with E-state index in [4.69, 9.17) is 0 Å². The smallest absolute Gasteiger partial charge is 0.293 e. The van der Waals surface area contributed by atoms with Crippen LogP contribution >= 0.6 is 0 Å². The fourth-order valence-electron chi connectivity index (χ4n) is 2.95. The topological polar surface area (TPSA) is 63.5 Å². The number of hydrogen-bond donors (Lipinski definition) is 0. The van der Waals surface area contributed by atoms with E-state index < -0.39 is 57.5 Å². The molecule has 0 unspecified atom stereocenters. The number of benzene rings is 3. The minimum absolute atomic E-state index is 0.360. The van der Waals surface area contributed by atoms with E-state index in [1.165, 1.54) is 12.1 Å². The number of nitrogens with zero attached hydrogens (tertiary/aromatic N) is 2. The Kier molecular flexibility index (Phi) is 5.81. The second-order valence-electron chi connectivity index (χ2n) is 6.44. The number of anilines is 1. The first-order chi connectivity index (χ1) is 14.2. The third kappa shape index (κ3) is 4.00. The van der Waals surface area contributed by atoms with Crippen molar-refractivity contribution in [3.63, 3.8) is 0 Å². The summed E-state index contributed by atoms with van der Waals surface area (Å²) in [5.74, 6) is -5.78. The van der Waals surface area contributed by atoms with Crippen molar-refractivity contribution in [2.45, 2.75) is 13.5 Å². The molecule has 0 N–H and O–H groups in total. The van der Waals surface area contributed by atoms with Gasteiger partial charge in [0.25, 0.3) is 11.6 Å². The first-order valence-electron chi connectivity index (χ1n) is 8.64. The summed E-state index contributed by atoms with van der Waals surface area (Å²) in [6.45, 7) is 0.741. The summed E-state index contributed by atoms with van der Waals surface area (Å²) < 4.78 is 56.9. The Bertz CT molecular complexity index is 1110. The van der Waals surface area contributed by atoms with Crippen molar-refractivity contribution in [2.24, 2.45) is 0 Å². The van der Waals surface area contributed by atoms with Crippen LogP contribution in [-0.4, -0.2) is 10.8 Å². The highest BCUT2D eigenvalue weighted by molar-refractivity contribution is 6.07. The largest absolute Gasteiger partial charge is 0.297 e. The first kappa shape index (κ1) is 21.0. The molecule has 0 atom stereocenters. The van der Waals surface area contributed by atoms with Gasteiger partial charge in [-0.15, -0.1) is 0 Å². The van der Waals surface area contributed by atoms with Gasteiger partial charge in [0.05, 0.1) is 11.5 Å². The summed E-state index contributed by atoms with van der Waals surface area (Å²) in [7, 11) is 0. The lowest BCUT2D eigenvalue weighted by Crippen LogP contribution is -2.33. The summed E-state index contributed by atoms with van der Waals surface area (Å²) >= 11 is 0. The monoisotopic (exact) mass is 418 g/mol. The fourth-order valence-corrected chi connectivity index (χ4v) is 2.95. The summed E-state index contributed by atoms with van der Waals surface area (Å²) in [5, 5.41) is 11.5. The maximum Gasteiger partial charge on any atom is 0.293 e. The van der Waals surface area contributed by atoms with Crippen LogP contribution in [0.2, 0.25) is 0 Å².